The molecular formula is C14H19F3N2O. The van der Waals surface area contributed by atoms with Crippen LogP contribution in [0.5, 0.6) is 0 Å². The van der Waals surface area contributed by atoms with Crippen LogP contribution in [0.1, 0.15) is 38.3 Å². The molecule has 1 aliphatic rings. The third-order valence-corrected chi connectivity index (χ3v) is 3.71. The standard InChI is InChI=1S/C14H19F3N2O/c1-10-4-3-7-13(20,8-10)9-18-12-6-2-5-11(19-12)14(15,16)17/h2,5-6,10,20H,3-4,7-9H2,1H3,(H,18,19). The van der Waals surface area contributed by atoms with E-state index in [-0.39, 0.29) is 12.4 Å². The molecule has 2 rings (SSSR count). The van der Waals surface area contributed by atoms with E-state index in [1.807, 2.05) is 0 Å². The molecule has 3 nitrogen and oxygen atoms in total. The van der Waals surface area contributed by atoms with E-state index >= 15 is 0 Å². The summed E-state index contributed by atoms with van der Waals surface area (Å²) in [5.74, 6) is 0.580. The number of rotatable bonds is 3. The second-order valence-corrected chi connectivity index (χ2v) is 5.69. The minimum atomic E-state index is -4.45. The highest BCUT2D eigenvalue weighted by atomic mass is 19.4. The minimum Gasteiger partial charge on any atom is -0.388 e. The lowest BCUT2D eigenvalue weighted by Gasteiger charge is -2.35. The summed E-state index contributed by atoms with van der Waals surface area (Å²) in [6.07, 6.45) is -1.09. The summed E-state index contributed by atoms with van der Waals surface area (Å²) < 4.78 is 37.6. The van der Waals surface area contributed by atoms with Gasteiger partial charge >= 0.3 is 6.18 Å². The average Bonchev–Trinajstić information content (AvgIpc) is 2.36. The van der Waals surface area contributed by atoms with E-state index in [9.17, 15) is 18.3 Å². The van der Waals surface area contributed by atoms with Crippen LogP contribution in [0.25, 0.3) is 0 Å². The van der Waals surface area contributed by atoms with Gasteiger partial charge in [0.2, 0.25) is 0 Å². The quantitative estimate of drug-likeness (QED) is 0.895. The first-order valence-corrected chi connectivity index (χ1v) is 6.79. The van der Waals surface area contributed by atoms with Crippen LogP contribution < -0.4 is 5.32 Å². The van der Waals surface area contributed by atoms with Crippen LogP contribution in [0.15, 0.2) is 18.2 Å². The van der Waals surface area contributed by atoms with E-state index in [4.69, 9.17) is 0 Å². The predicted molar refractivity (Wildman–Crippen MR) is 70.3 cm³/mol. The highest BCUT2D eigenvalue weighted by Crippen LogP contribution is 2.32. The van der Waals surface area contributed by atoms with E-state index in [1.165, 1.54) is 12.1 Å². The Morgan fingerprint density at radius 3 is 2.85 bits per heavy atom. The van der Waals surface area contributed by atoms with Gasteiger partial charge in [-0.3, -0.25) is 0 Å². The van der Waals surface area contributed by atoms with Crippen molar-refractivity contribution in [1.29, 1.82) is 0 Å². The van der Waals surface area contributed by atoms with E-state index in [0.29, 0.717) is 18.8 Å². The van der Waals surface area contributed by atoms with Gasteiger partial charge in [-0.1, -0.05) is 25.8 Å². The molecule has 0 aliphatic heterocycles. The van der Waals surface area contributed by atoms with E-state index in [2.05, 4.69) is 17.2 Å². The fraction of sp³-hybridized carbons (Fsp3) is 0.643. The molecule has 6 heteroatoms. The Hall–Kier alpha value is -1.30. The molecule has 2 atom stereocenters. The molecule has 0 spiro atoms. The van der Waals surface area contributed by atoms with Crippen molar-refractivity contribution in [1.82, 2.24) is 4.98 Å². The van der Waals surface area contributed by atoms with Crippen molar-refractivity contribution in [3.05, 3.63) is 23.9 Å². The lowest BCUT2D eigenvalue weighted by Crippen LogP contribution is -2.41. The predicted octanol–water partition coefficient (Wildman–Crippen LogP) is 3.45. The van der Waals surface area contributed by atoms with Gasteiger partial charge in [0, 0.05) is 6.54 Å². The van der Waals surface area contributed by atoms with Gasteiger partial charge in [-0.15, -0.1) is 0 Å². The maximum absolute atomic E-state index is 12.5. The topological polar surface area (TPSA) is 45.1 Å². The number of halogens is 3. The zero-order chi connectivity index (χ0) is 14.8. The summed E-state index contributed by atoms with van der Waals surface area (Å²) >= 11 is 0. The summed E-state index contributed by atoms with van der Waals surface area (Å²) in [5.41, 5.74) is -1.78. The third-order valence-electron chi connectivity index (χ3n) is 3.71. The summed E-state index contributed by atoms with van der Waals surface area (Å²) in [7, 11) is 0. The van der Waals surface area contributed by atoms with Crippen LogP contribution in [0.4, 0.5) is 19.0 Å². The van der Waals surface area contributed by atoms with Crippen LogP contribution in [-0.4, -0.2) is 22.2 Å². The Labute approximate surface area is 116 Å². The van der Waals surface area contributed by atoms with Gasteiger partial charge in [0.15, 0.2) is 0 Å². The molecule has 1 heterocycles. The third kappa shape index (κ3) is 3.85. The first-order chi connectivity index (χ1) is 9.28. The number of alkyl halides is 3. The van der Waals surface area contributed by atoms with Gasteiger partial charge in [0.25, 0.3) is 0 Å². The Morgan fingerprint density at radius 1 is 1.45 bits per heavy atom. The minimum absolute atomic E-state index is 0.145. The highest BCUT2D eigenvalue weighted by Gasteiger charge is 2.34. The van der Waals surface area contributed by atoms with Crippen molar-refractivity contribution in [2.75, 3.05) is 11.9 Å². The largest absolute Gasteiger partial charge is 0.433 e. The summed E-state index contributed by atoms with van der Waals surface area (Å²) in [6, 6.07) is 3.72. The zero-order valence-electron chi connectivity index (χ0n) is 11.4. The van der Waals surface area contributed by atoms with Crippen LogP contribution in [0, 0.1) is 5.92 Å². The van der Waals surface area contributed by atoms with Crippen molar-refractivity contribution in [3.8, 4) is 0 Å². The number of aliphatic hydroxyl groups is 1. The highest BCUT2D eigenvalue weighted by molar-refractivity contribution is 5.36. The molecule has 2 N–H and O–H groups in total. The van der Waals surface area contributed by atoms with Crippen molar-refractivity contribution in [2.24, 2.45) is 5.92 Å². The van der Waals surface area contributed by atoms with E-state index in [0.717, 1.165) is 18.9 Å². The van der Waals surface area contributed by atoms with Crippen molar-refractivity contribution in [2.45, 2.75) is 44.4 Å². The first-order valence-electron chi connectivity index (χ1n) is 6.79. The second-order valence-electron chi connectivity index (χ2n) is 5.69. The molecule has 1 fully saturated rings. The maximum atomic E-state index is 12.5. The molecule has 1 saturated carbocycles. The van der Waals surface area contributed by atoms with Crippen LogP contribution in [0.3, 0.4) is 0 Å². The normalized spacial score (nSPS) is 27.4. The lowest BCUT2D eigenvalue weighted by atomic mass is 9.79. The van der Waals surface area contributed by atoms with E-state index < -0.39 is 17.5 Å². The Bertz CT molecular complexity index is 464. The lowest BCUT2D eigenvalue weighted by molar-refractivity contribution is -0.141. The van der Waals surface area contributed by atoms with Crippen LogP contribution >= 0.6 is 0 Å². The van der Waals surface area contributed by atoms with Gasteiger partial charge < -0.3 is 10.4 Å². The van der Waals surface area contributed by atoms with Crippen molar-refractivity contribution >= 4 is 5.82 Å². The molecule has 0 amide bonds. The monoisotopic (exact) mass is 288 g/mol. The molecule has 1 aliphatic carbocycles. The van der Waals surface area contributed by atoms with Gasteiger partial charge in [-0.2, -0.15) is 13.2 Å². The number of pyridine rings is 1. The molecule has 20 heavy (non-hydrogen) atoms. The first kappa shape index (κ1) is 15.1. The second kappa shape index (κ2) is 5.60. The molecule has 112 valence electrons. The van der Waals surface area contributed by atoms with Gasteiger partial charge in [0.1, 0.15) is 11.5 Å². The fourth-order valence-electron chi connectivity index (χ4n) is 2.74. The summed E-state index contributed by atoms with van der Waals surface area (Å²) in [6.45, 7) is 2.30. The molecule has 1 aromatic heterocycles. The maximum Gasteiger partial charge on any atom is 0.433 e. The number of nitrogens with zero attached hydrogens (tertiary/aromatic N) is 1. The summed E-state index contributed by atoms with van der Waals surface area (Å²) in [5, 5.41) is 13.2. The molecule has 0 radical (unpaired) electrons. The summed E-state index contributed by atoms with van der Waals surface area (Å²) in [4.78, 5) is 3.53. The number of hydrogen-bond donors (Lipinski definition) is 2. The van der Waals surface area contributed by atoms with Crippen LogP contribution in [0.2, 0.25) is 0 Å². The Balaban J connectivity index is 2.00. The zero-order valence-corrected chi connectivity index (χ0v) is 11.4. The van der Waals surface area contributed by atoms with Gasteiger partial charge in [0.05, 0.1) is 5.60 Å². The average molecular weight is 288 g/mol. The number of nitrogens with one attached hydrogen (secondary N) is 1. The van der Waals surface area contributed by atoms with Gasteiger partial charge in [-0.25, -0.2) is 4.98 Å². The molecule has 0 aromatic carbocycles. The SMILES string of the molecule is CC1CCCC(O)(CNc2cccc(C(F)(F)F)n2)C1. The molecule has 0 saturated heterocycles. The van der Waals surface area contributed by atoms with Crippen LogP contribution in [-0.2, 0) is 6.18 Å². The number of anilines is 1. The molecule has 1 aromatic rings. The molecule has 0 bridgehead atoms. The van der Waals surface area contributed by atoms with Crippen molar-refractivity contribution in [3.63, 3.8) is 0 Å². The number of aromatic nitrogens is 1. The molecular weight excluding hydrogens is 269 g/mol. The fourth-order valence-corrected chi connectivity index (χ4v) is 2.74. The molecule has 2 unspecified atom stereocenters. The van der Waals surface area contributed by atoms with Gasteiger partial charge in [-0.05, 0) is 30.9 Å². The number of hydrogen-bond acceptors (Lipinski definition) is 3. The Kier molecular flexibility index (Phi) is 4.22. The Morgan fingerprint density at radius 2 is 2.20 bits per heavy atom. The smallest absolute Gasteiger partial charge is 0.388 e. The van der Waals surface area contributed by atoms with E-state index in [1.54, 1.807) is 0 Å². The van der Waals surface area contributed by atoms with Crippen molar-refractivity contribution < 1.29 is 18.3 Å².